The van der Waals surface area contributed by atoms with Gasteiger partial charge in [-0.2, -0.15) is 9.89 Å². The molecule has 3 atom stereocenters. The lowest BCUT2D eigenvalue weighted by Gasteiger charge is -2.22. The van der Waals surface area contributed by atoms with Crippen molar-refractivity contribution in [2.75, 3.05) is 19.0 Å². The number of anilines is 1. The number of methoxy groups -OCH3 is 1. The number of aromatic nitrogens is 2. The summed E-state index contributed by atoms with van der Waals surface area (Å²) in [5.41, 5.74) is -0.925. The highest BCUT2D eigenvalue weighted by Crippen LogP contribution is 2.12. The highest BCUT2D eigenvalue weighted by Gasteiger charge is 2.27. The molecule has 1 rings (SSSR count). The number of hydrogen-bond acceptors (Lipinski definition) is 8. The number of nitrogens with one attached hydrogen (secondary N) is 1. The van der Waals surface area contributed by atoms with Crippen LogP contribution in [-0.2, 0) is 16.0 Å². The Bertz CT molecular complexity index is 683. The number of rotatable bonds is 11. The number of carbonyl (C=O) groups is 1. The Hall–Kier alpha value is -2.40. The monoisotopic (exact) mass is 388 g/mol. The van der Waals surface area contributed by atoms with Gasteiger partial charge in [0.1, 0.15) is 12.1 Å². The van der Waals surface area contributed by atoms with Gasteiger partial charge in [-0.1, -0.05) is 24.9 Å². The average Bonchev–Trinajstić information content (AvgIpc) is 2.63. The Kier molecular flexibility index (Phi) is 9.51. The Labute approximate surface area is 155 Å². The molecule has 2 N–H and O–H groups in total. The summed E-state index contributed by atoms with van der Waals surface area (Å²) in [6.45, 7) is 3.27. The van der Waals surface area contributed by atoms with Gasteiger partial charge in [0.25, 0.3) is 0 Å². The number of hydrogen-bond donors (Lipinski definition) is 2. The molecular weight excluding hydrogens is 363 g/mol. The van der Waals surface area contributed by atoms with Crippen LogP contribution in [0.2, 0.25) is 0 Å². The smallest absolute Gasteiger partial charge is 0.412 e. The lowest BCUT2D eigenvalue weighted by atomic mass is 10.1. The molecule has 11 heteroatoms. The lowest BCUT2D eigenvalue weighted by molar-refractivity contribution is 0.0275. The molecule has 1 heterocycles. The number of nitroso groups, excluding NO2 is 1. The quantitative estimate of drug-likeness (QED) is 0.435. The Balaban J connectivity index is 2.78. The van der Waals surface area contributed by atoms with Crippen molar-refractivity contribution in [1.29, 1.82) is 0 Å². The van der Waals surface area contributed by atoms with E-state index >= 15 is 0 Å². The summed E-state index contributed by atoms with van der Waals surface area (Å²) in [4.78, 5) is 37.9. The summed E-state index contributed by atoms with van der Waals surface area (Å²) in [5, 5.41) is 14.9. The SMILES string of the molecule is CCCCCOC(=O)Nc1nc(=O)n(CC(O)C(N=O)C(C)OC)cc1F. The van der Waals surface area contributed by atoms with E-state index in [9.17, 15) is 24.0 Å². The van der Waals surface area contributed by atoms with Crippen molar-refractivity contribution < 1.29 is 23.8 Å². The average molecular weight is 388 g/mol. The van der Waals surface area contributed by atoms with Crippen LogP contribution in [0.3, 0.4) is 0 Å². The van der Waals surface area contributed by atoms with E-state index in [1.807, 2.05) is 6.92 Å². The first kappa shape index (κ1) is 22.6. The molecule has 1 aromatic heterocycles. The molecule has 27 heavy (non-hydrogen) atoms. The summed E-state index contributed by atoms with van der Waals surface area (Å²) in [6, 6.07) is -1.15. The van der Waals surface area contributed by atoms with Crippen LogP contribution in [0.25, 0.3) is 0 Å². The third-order valence-corrected chi connectivity index (χ3v) is 3.90. The Morgan fingerprint density at radius 1 is 1.48 bits per heavy atom. The number of carbonyl (C=O) groups excluding carboxylic acids is 1. The van der Waals surface area contributed by atoms with Gasteiger partial charge in [0.05, 0.1) is 19.3 Å². The molecule has 10 nitrogen and oxygen atoms in total. The van der Waals surface area contributed by atoms with E-state index in [-0.39, 0.29) is 6.61 Å². The molecule has 0 bridgehead atoms. The zero-order valence-electron chi connectivity index (χ0n) is 15.6. The van der Waals surface area contributed by atoms with Gasteiger partial charge in [-0.25, -0.2) is 14.0 Å². The minimum atomic E-state index is -1.39. The van der Waals surface area contributed by atoms with Gasteiger partial charge in [0, 0.05) is 13.3 Å². The molecule has 1 aromatic rings. The van der Waals surface area contributed by atoms with Crippen LogP contribution in [0.1, 0.15) is 33.1 Å². The Morgan fingerprint density at radius 2 is 2.19 bits per heavy atom. The van der Waals surface area contributed by atoms with Crippen LogP contribution in [0.15, 0.2) is 16.2 Å². The molecular formula is C16H25FN4O6. The second kappa shape index (κ2) is 11.3. The number of nitrogens with zero attached hydrogens (tertiary/aromatic N) is 3. The standard InChI is InChI=1S/C16H25FN4O6/c1-4-5-6-7-27-16(24)19-14-11(17)8-21(15(23)18-14)9-12(22)13(20-25)10(2)26-3/h8,10,12-13,22H,4-7,9H2,1-3H3,(H,18,19,23,24). The number of halogens is 1. The second-order valence-corrected chi connectivity index (χ2v) is 5.94. The van der Waals surface area contributed by atoms with E-state index < -0.39 is 48.2 Å². The molecule has 0 aromatic carbocycles. The molecule has 152 valence electrons. The Morgan fingerprint density at radius 3 is 2.78 bits per heavy atom. The van der Waals surface area contributed by atoms with E-state index in [0.717, 1.165) is 23.6 Å². The van der Waals surface area contributed by atoms with E-state index in [1.54, 1.807) is 0 Å². The van der Waals surface area contributed by atoms with Crippen molar-refractivity contribution in [3.63, 3.8) is 0 Å². The normalized spacial score (nSPS) is 14.3. The maximum Gasteiger partial charge on any atom is 0.412 e. The summed E-state index contributed by atoms with van der Waals surface area (Å²) >= 11 is 0. The van der Waals surface area contributed by atoms with Crippen LogP contribution in [-0.4, -0.2) is 52.7 Å². The minimum Gasteiger partial charge on any atom is -0.449 e. The second-order valence-electron chi connectivity index (χ2n) is 5.94. The van der Waals surface area contributed by atoms with Crippen molar-refractivity contribution in [3.05, 3.63) is 27.4 Å². The van der Waals surface area contributed by atoms with Crippen molar-refractivity contribution in [2.45, 2.75) is 57.9 Å². The first-order chi connectivity index (χ1) is 12.8. The fourth-order valence-corrected chi connectivity index (χ4v) is 2.25. The molecule has 0 aliphatic rings. The van der Waals surface area contributed by atoms with Gasteiger partial charge < -0.3 is 14.6 Å². The molecule has 0 spiro atoms. The molecule has 0 aliphatic carbocycles. The first-order valence-electron chi connectivity index (χ1n) is 8.58. The summed E-state index contributed by atoms with van der Waals surface area (Å²) < 4.78 is 24.7. The van der Waals surface area contributed by atoms with Crippen LogP contribution in [0, 0.1) is 10.7 Å². The molecule has 0 aliphatic heterocycles. The summed E-state index contributed by atoms with van der Waals surface area (Å²) in [6.07, 6.45) is 0.267. The third-order valence-electron chi connectivity index (χ3n) is 3.90. The topological polar surface area (TPSA) is 132 Å². The van der Waals surface area contributed by atoms with Gasteiger partial charge in [-0.05, 0) is 13.3 Å². The van der Waals surface area contributed by atoms with Crippen LogP contribution < -0.4 is 11.0 Å². The van der Waals surface area contributed by atoms with Crippen molar-refractivity contribution in [3.8, 4) is 0 Å². The molecule has 0 saturated heterocycles. The number of unbranched alkanes of at least 4 members (excludes halogenated alkanes) is 2. The fourth-order valence-electron chi connectivity index (χ4n) is 2.25. The van der Waals surface area contributed by atoms with E-state index in [4.69, 9.17) is 9.47 Å². The molecule has 0 radical (unpaired) electrons. The van der Waals surface area contributed by atoms with Crippen LogP contribution >= 0.6 is 0 Å². The lowest BCUT2D eigenvalue weighted by Crippen LogP contribution is -2.40. The highest BCUT2D eigenvalue weighted by molar-refractivity contribution is 5.83. The number of ether oxygens (including phenoxy) is 2. The third kappa shape index (κ3) is 7.02. The van der Waals surface area contributed by atoms with Gasteiger partial charge in [0.2, 0.25) is 0 Å². The summed E-state index contributed by atoms with van der Waals surface area (Å²) in [7, 11) is 1.34. The molecule has 3 unspecified atom stereocenters. The van der Waals surface area contributed by atoms with E-state index in [1.165, 1.54) is 14.0 Å². The van der Waals surface area contributed by atoms with Gasteiger partial charge in [0.15, 0.2) is 11.6 Å². The molecule has 1 amide bonds. The van der Waals surface area contributed by atoms with E-state index in [0.29, 0.717) is 6.42 Å². The maximum atomic E-state index is 14.1. The predicted octanol–water partition coefficient (Wildman–Crippen LogP) is 1.65. The maximum absolute atomic E-state index is 14.1. The van der Waals surface area contributed by atoms with Crippen LogP contribution in [0.4, 0.5) is 15.0 Å². The highest BCUT2D eigenvalue weighted by atomic mass is 19.1. The van der Waals surface area contributed by atoms with Crippen molar-refractivity contribution in [2.24, 2.45) is 5.18 Å². The van der Waals surface area contributed by atoms with E-state index in [2.05, 4.69) is 15.5 Å². The number of amides is 1. The van der Waals surface area contributed by atoms with Crippen molar-refractivity contribution in [1.82, 2.24) is 9.55 Å². The molecule has 0 fully saturated rings. The predicted molar refractivity (Wildman–Crippen MR) is 95.0 cm³/mol. The van der Waals surface area contributed by atoms with Gasteiger partial charge >= 0.3 is 11.8 Å². The van der Waals surface area contributed by atoms with Crippen LogP contribution in [0.5, 0.6) is 0 Å². The number of aliphatic hydroxyl groups is 1. The zero-order chi connectivity index (χ0) is 20.4. The number of aliphatic hydroxyl groups excluding tert-OH is 1. The van der Waals surface area contributed by atoms with Crippen molar-refractivity contribution >= 4 is 11.9 Å². The van der Waals surface area contributed by atoms with Gasteiger partial charge in [-0.15, -0.1) is 0 Å². The molecule has 0 saturated carbocycles. The summed E-state index contributed by atoms with van der Waals surface area (Å²) in [5.74, 6) is -1.58. The first-order valence-corrected chi connectivity index (χ1v) is 8.58. The van der Waals surface area contributed by atoms with Gasteiger partial charge in [-0.3, -0.25) is 9.88 Å². The minimum absolute atomic E-state index is 0.169. The largest absolute Gasteiger partial charge is 0.449 e. The fraction of sp³-hybridized carbons (Fsp3) is 0.688. The zero-order valence-corrected chi connectivity index (χ0v) is 15.6.